The number of carbonyl (C=O) groups is 1. The lowest BCUT2D eigenvalue weighted by molar-refractivity contribution is -0.00795. The number of hydrogen-bond donors (Lipinski definition) is 1. The lowest BCUT2D eigenvalue weighted by atomic mass is 9.79. The molecule has 7 heteroatoms. The van der Waals surface area contributed by atoms with Gasteiger partial charge in [0.2, 0.25) is 5.95 Å². The Bertz CT molecular complexity index is 664. The molecule has 3 aliphatic rings. The highest BCUT2D eigenvalue weighted by Crippen LogP contribution is 2.37. The number of fused-ring (bicyclic) bond motifs is 1. The Morgan fingerprint density at radius 3 is 2.58 bits per heavy atom. The van der Waals surface area contributed by atoms with Crippen LogP contribution in [0.5, 0.6) is 0 Å². The fraction of sp³-hybridized carbons (Fsp3) is 0.737. The summed E-state index contributed by atoms with van der Waals surface area (Å²) in [5.74, 6) is 0.687. The molecule has 0 aromatic carbocycles. The Labute approximate surface area is 155 Å². The molecule has 0 atom stereocenters. The number of nitrogens with one attached hydrogen (secondary N) is 1. The van der Waals surface area contributed by atoms with Gasteiger partial charge in [0.05, 0.1) is 17.8 Å². The molecular weight excluding hydrogens is 328 g/mol. The number of likely N-dealkylation sites (N-methyl/N-ethyl adjacent to an activating group) is 1. The van der Waals surface area contributed by atoms with Crippen LogP contribution in [-0.4, -0.2) is 82.9 Å². The van der Waals surface area contributed by atoms with E-state index < -0.39 is 0 Å². The molecule has 0 radical (unpaired) electrons. The molecule has 0 bridgehead atoms. The Morgan fingerprint density at radius 1 is 1.15 bits per heavy atom. The van der Waals surface area contributed by atoms with E-state index in [-0.39, 0.29) is 11.4 Å². The van der Waals surface area contributed by atoms with Crippen molar-refractivity contribution < 1.29 is 4.79 Å². The largest absolute Gasteiger partial charge is 0.357 e. The average Bonchev–Trinajstić information content (AvgIpc) is 2.97. The van der Waals surface area contributed by atoms with E-state index >= 15 is 0 Å². The van der Waals surface area contributed by atoms with Gasteiger partial charge in [-0.3, -0.25) is 9.69 Å². The third-order valence-electron chi connectivity index (χ3n) is 6.39. The van der Waals surface area contributed by atoms with Crippen LogP contribution < -0.4 is 5.32 Å². The number of amides is 1. The maximum absolute atomic E-state index is 12.9. The Hall–Kier alpha value is -1.73. The minimum Gasteiger partial charge on any atom is -0.357 e. The fourth-order valence-electron chi connectivity index (χ4n) is 4.81. The molecule has 3 heterocycles. The summed E-state index contributed by atoms with van der Waals surface area (Å²) in [5.41, 5.74) is 1.67. The van der Waals surface area contributed by atoms with E-state index in [2.05, 4.69) is 32.1 Å². The first-order chi connectivity index (χ1) is 12.6. The summed E-state index contributed by atoms with van der Waals surface area (Å²) in [6.07, 6.45) is 7.94. The molecular formula is C19H30N6O. The molecule has 0 unspecified atom stereocenters. The van der Waals surface area contributed by atoms with Crippen molar-refractivity contribution in [3.05, 3.63) is 17.5 Å². The van der Waals surface area contributed by atoms with E-state index in [0.29, 0.717) is 18.1 Å². The van der Waals surface area contributed by atoms with Crippen molar-refractivity contribution >= 4 is 11.9 Å². The highest BCUT2D eigenvalue weighted by Gasteiger charge is 2.43. The third kappa shape index (κ3) is 3.18. The van der Waals surface area contributed by atoms with E-state index in [0.717, 1.165) is 38.4 Å². The zero-order valence-electron chi connectivity index (χ0n) is 16.0. The molecule has 0 spiro atoms. The SMILES string of the molecule is CNc1ncc2c(n1)CN(CC1(N3CCN(C)CC3)CCCCC1)C2=O. The van der Waals surface area contributed by atoms with Crippen molar-refractivity contribution in [3.8, 4) is 0 Å². The molecule has 1 saturated heterocycles. The Morgan fingerprint density at radius 2 is 1.88 bits per heavy atom. The first-order valence-corrected chi connectivity index (χ1v) is 9.88. The maximum Gasteiger partial charge on any atom is 0.257 e. The van der Waals surface area contributed by atoms with E-state index in [1.165, 1.54) is 32.1 Å². The smallest absolute Gasteiger partial charge is 0.257 e. The van der Waals surface area contributed by atoms with E-state index in [1.54, 1.807) is 13.2 Å². The van der Waals surface area contributed by atoms with Crippen LogP contribution in [0.3, 0.4) is 0 Å². The predicted octanol–water partition coefficient (Wildman–Crippen LogP) is 1.42. The van der Waals surface area contributed by atoms with Gasteiger partial charge in [-0.15, -0.1) is 0 Å². The van der Waals surface area contributed by atoms with Crippen LogP contribution in [0.15, 0.2) is 6.20 Å². The van der Waals surface area contributed by atoms with E-state index in [4.69, 9.17) is 0 Å². The van der Waals surface area contributed by atoms with Gasteiger partial charge in [-0.25, -0.2) is 9.97 Å². The molecule has 4 rings (SSSR count). The van der Waals surface area contributed by atoms with Crippen LogP contribution >= 0.6 is 0 Å². The number of carbonyl (C=O) groups excluding carboxylic acids is 1. The third-order valence-corrected chi connectivity index (χ3v) is 6.39. The van der Waals surface area contributed by atoms with Gasteiger partial charge in [-0.05, 0) is 19.9 Å². The van der Waals surface area contributed by atoms with Crippen LogP contribution in [0.2, 0.25) is 0 Å². The molecule has 1 aromatic heterocycles. The Balaban J connectivity index is 1.54. The van der Waals surface area contributed by atoms with Crippen molar-refractivity contribution in [1.29, 1.82) is 0 Å². The normalized spacial score (nSPS) is 23.9. The molecule has 1 N–H and O–H groups in total. The minimum atomic E-state index is 0.0988. The molecule has 26 heavy (non-hydrogen) atoms. The van der Waals surface area contributed by atoms with Gasteiger partial charge in [-0.1, -0.05) is 19.3 Å². The predicted molar refractivity (Wildman–Crippen MR) is 101 cm³/mol. The summed E-state index contributed by atoms with van der Waals surface area (Å²) in [5, 5.41) is 2.97. The molecule has 1 aromatic rings. The number of aromatic nitrogens is 2. The number of hydrogen-bond acceptors (Lipinski definition) is 6. The highest BCUT2D eigenvalue weighted by atomic mass is 16.2. The number of piperazine rings is 1. The second-order valence-electron chi connectivity index (χ2n) is 8.04. The van der Waals surface area contributed by atoms with Gasteiger partial charge in [0.1, 0.15) is 0 Å². The Kier molecular flexibility index (Phi) is 4.84. The number of anilines is 1. The zero-order chi connectivity index (χ0) is 18.1. The first-order valence-electron chi connectivity index (χ1n) is 9.88. The highest BCUT2D eigenvalue weighted by molar-refractivity contribution is 5.97. The number of rotatable bonds is 4. The van der Waals surface area contributed by atoms with Crippen LogP contribution in [0.1, 0.15) is 48.2 Å². The van der Waals surface area contributed by atoms with Crippen molar-refractivity contribution in [3.63, 3.8) is 0 Å². The van der Waals surface area contributed by atoms with Gasteiger partial charge >= 0.3 is 0 Å². The van der Waals surface area contributed by atoms with Gasteiger partial charge in [-0.2, -0.15) is 0 Å². The maximum atomic E-state index is 12.9. The van der Waals surface area contributed by atoms with Crippen LogP contribution in [-0.2, 0) is 6.54 Å². The molecule has 1 amide bonds. The van der Waals surface area contributed by atoms with Gasteiger partial charge < -0.3 is 15.1 Å². The standard InChI is InChI=1S/C19H30N6O/c1-20-18-21-12-15-16(22-18)13-24(17(15)26)14-19(6-4-3-5-7-19)25-10-8-23(2)9-11-25/h12H,3-11,13-14H2,1-2H3,(H,20,21,22). The van der Waals surface area contributed by atoms with Gasteiger partial charge in [0.25, 0.3) is 5.91 Å². The molecule has 1 saturated carbocycles. The topological polar surface area (TPSA) is 64.6 Å². The van der Waals surface area contributed by atoms with Gasteiger partial charge in [0.15, 0.2) is 0 Å². The summed E-state index contributed by atoms with van der Waals surface area (Å²) in [7, 11) is 4.00. The second-order valence-corrected chi connectivity index (χ2v) is 8.04. The summed E-state index contributed by atoms with van der Waals surface area (Å²) in [6.45, 7) is 5.88. The summed E-state index contributed by atoms with van der Waals surface area (Å²) in [4.78, 5) is 28.8. The second kappa shape index (κ2) is 7.12. The summed E-state index contributed by atoms with van der Waals surface area (Å²) < 4.78 is 0. The molecule has 7 nitrogen and oxygen atoms in total. The lowest BCUT2D eigenvalue weighted by Gasteiger charge is -2.50. The monoisotopic (exact) mass is 358 g/mol. The first kappa shape index (κ1) is 17.7. The summed E-state index contributed by atoms with van der Waals surface area (Å²) >= 11 is 0. The molecule has 1 aliphatic carbocycles. The lowest BCUT2D eigenvalue weighted by Crippen LogP contribution is -2.61. The van der Waals surface area contributed by atoms with Crippen molar-refractivity contribution in [1.82, 2.24) is 24.7 Å². The quantitative estimate of drug-likeness (QED) is 0.878. The van der Waals surface area contributed by atoms with E-state index in [1.807, 2.05) is 4.90 Å². The number of nitrogens with zero attached hydrogens (tertiary/aromatic N) is 5. The van der Waals surface area contributed by atoms with Gasteiger partial charge in [0, 0.05) is 51.5 Å². The summed E-state index contributed by atoms with van der Waals surface area (Å²) in [6, 6.07) is 0. The van der Waals surface area contributed by atoms with Crippen molar-refractivity contribution in [2.24, 2.45) is 0 Å². The minimum absolute atomic E-state index is 0.0988. The molecule has 142 valence electrons. The molecule has 2 fully saturated rings. The van der Waals surface area contributed by atoms with Crippen LogP contribution in [0.25, 0.3) is 0 Å². The van der Waals surface area contributed by atoms with E-state index in [9.17, 15) is 4.79 Å². The average molecular weight is 358 g/mol. The van der Waals surface area contributed by atoms with Crippen molar-refractivity contribution in [2.75, 3.05) is 52.1 Å². The van der Waals surface area contributed by atoms with Crippen LogP contribution in [0.4, 0.5) is 5.95 Å². The zero-order valence-corrected chi connectivity index (χ0v) is 16.0. The van der Waals surface area contributed by atoms with Crippen LogP contribution in [0, 0.1) is 0 Å². The fourth-order valence-corrected chi connectivity index (χ4v) is 4.81. The molecule has 2 aliphatic heterocycles. The van der Waals surface area contributed by atoms with Crippen molar-refractivity contribution in [2.45, 2.75) is 44.2 Å².